The van der Waals surface area contributed by atoms with Crippen molar-refractivity contribution in [2.24, 2.45) is 0 Å². The minimum absolute atomic E-state index is 0.000955. The molecule has 1 aliphatic heterocycles. The van der Waals surface area contributed by atoms with Crippen LogP contribution in [-0.2, 0) is 24.2 Å². The highest BCUT2D eigenvalue weighted by Crippen LogP contribution is 2.16. The van der Waals surface area contributed by atoms with E-state index < -0.39 is 33.5 Å². The minimum Gasteiger partial charge on any atom is -0.467 e. The average Bonchev–Trinajstić information content (AvgIpc) is 2.58. The largest absolute Gasteiger partial charge is 0.467 e. The second-order valence-electron chi connectivity index (χ2n) is 6.03. The molecular formula is C17H21NO6S. The van der Waals surface area contributed by atoms with E-state index >= 15 is 0 Å². The highest BCUT2D eigenvalue weighted by molar-refractivity contribution is 7.91. The van der Waals surface area contributed by atoms with Crippen LogP contribution in [0.2, 0.25) is 0 Å². The molecule has 1 unspecified atom stereocenters. The number of benzene rings is 1. The van der Waals surface area contributed by atoms with E-state index in [0.29, 0.717) is 5.56 Å². The average molecular weight is 367 g/mol. The van der Waals surface area contributed by atoms with E-state index in [-0.39, 0.29) is 30.9 Å². The summed E-state index contributed by atoms with van der Waals surface area (Å²) in [7, 11) is -2.25. The third-order valence-corrected chi connectivity index (χ3v) is 5.79. The van der Waals surface area contributed by atoms with Crippen LogP contribution in [0.15, 0.2) is 24.3 Å². The predicted molar refractivity (Wildman–Crippen MR) is 90.9 cm³/mol. The van der Waals surface area contributed by atoms with Crippen molar-refractivity contribution in [1.82, 2.24) is 4.90 Å². The van der Waals surface area contributed by atoms with Crippen molar-refractivity contribution in [2.45, 2.75) is 25.8 Å². The molecule has 136 valence electrons. The molecular weight excluding hydrogens is 346 g/mol. The Morgan fingerprint density at radius 2 is 1.80 bits per heavy atom. The zero-order valence-electron chi connectivity index (χ0n) is 14.2. The number of hydrogen-bond donors (Lipinski definition) is 0. The van der Waals surface area contributed by atoms with Crippen molar-refractivity contribution in [3.8, 4) is 0 Å². The number of carbonyl (C=O) groups excluding carboxylic acids is 3. The molecule has 1 heterocycles. The third kappa shape index (κ3) is 4.88. The van der Waals surface area contributed by atoms with E-state index in [1.165, 1.54) is 4.90 Å². The van der Waals surface area contributed by atoms with Crippen molar-refractivity contribution in [3.63, 3.8) is 0 Å². The van der Waals surface area contributed by atoms with Crippen LogP contribution in [0.1, 0.15) is 28.8 Å². The Kier molecular flexibility index (Phi) is 5.94. The van der Waals surface area contributed by atoms with E-state index in [4.69, 9.17) is 0 Å². The van der Waals surface area contributed by atoms with Crippen LogP contribution >= 0.6 is 0 Å². The van der Waals surface area contributed by atoms with Gasteiger partial charge in [0.05, 0.1) is 18.6 Å². The number of amides is 1. The molecule has 0 saturated carbocycles. The van der Waals surface area contributed by atoms with Crippen LogP contribution in [0.3, 0.4) is 0 Å². The predicted octanol–water partition coefficient (Wildman–Crippen LogP) is 0.757. The highest BCUT2D eigenvalue weighted by Gasteiger charge is 2.39. The Bertz CT molecular complexity index is 769. The summed E-state index contributed by atoms with van der Waals surface area (Å²) in [4.78, 5) is 37.6. The Balaban J connectivity index is 2.02. The van der Waals surface area contributed by atoms with Crippen LogP contribution in [0.25, 0.3) is 0 Å². The van der Waals surface area contributed by atoms with Crippen LogP contribution in [0.5, 0.6) is 0 Å². The molecule has 7 nitrogen and oxygen atoms in total. The molecule has 1 amide bonds. The smallest absolute Gasteiger partial charge is 0.329 e. The topological polar surface area (TPSA) is 97.8 Å². The number of nitrogens with zero attached hydrogens (tertiary/aromatic N) is 1. The molecule has 0 spiro atoms. The lowest BCUT2D eigenvalue weighted by molar-refractivity contribution is -0.152. The molecule has 0 N–H and O–H groups in total. The zero-order chi connectivity index (χ0) is 18.6. The molecule has 1 atom stereocenters. The van der Waals surface area contributed by atoms with Gasteiger partial charge in [-0.25, -0.2) is 13.2 Å². The second kappa shape index (κ2) is 7.77. The lowest BCUT2D eigenvalue weighted by atomic mass is 10.0. The lowest BCUT2D eigenvalue weighted by Gasteiger charge is -2.33. The number of ketones is 1. The van der Waals surface area contributed by atoms with Gasteiger partial charge in [0.2, 0.25) is 5.91 Å². The van der Waals surface area contributed by atoms with E-state index in [2.05, 4.69) is 4.74 Å². The van der Waals surface area contributed by atoms with Gasteiger partial charge < -0.3 is 9.64 Å². The van der Waals surface area contributed by atoms with Crippen LogP contribution in [0.4, 0.5) is 0 Å². The first-order valence-electron chi connectivity index (χ1n) is 7.91. The van der Waals surface area contributed by atoms with Gasteiger partial charge in [-0.3, -0.25) is 9.59 Å². The molecule has 25 heavy (non-hydrogen) atoms. The number of hydrogen-bond acceptors (Lipinski definition) is 6. The molecule has 1 aromatic carbocycles. The van der Waals surface area contributed by atoms with Crippen LogP contribution in [0, 0.1) is 6.92 Å². The molecule has 2 rings (SSSR count). The van der Waals surface area contributed by atoms with Crippen LogP contribution < -0.4 is 0 Å². The van der Waals surface area contributed by atoms with E-state index in [9.17, 15) is 22.8 Å². The maximum Gasteiger partial charge on any atom is 0.329 e. The summed E-state index contributed by atoms with van der Waals surface area (Å²) in [6.45, 7) is 1.84. The fourth-order valence-corrected chi connectivity index (χ4v) is 4.12. The van der Waals surface area contributed by atoms with Gasteiger partial charge in [-0.2, -0.15) is 0 Å². The van der Waals surface area contributed by atoms with Crippen molar-refractivity contribution >= 4 is 27.5 Å². The van der Waals surface area contributed by atoms with Gasteiger partial charge in [-0.1, -0.05) is 29.8 Å². The normalized spacial score (nSPS) is 19.3. The number of carbonyl (C=O) groups is 3. The Morgan fingerprint density at radius 1 is 1.16 bits per heavy atom. The minimum atomic E-state index is -3.39. The Morgan fingerprint density at radius 3 is 2.40 bits per heavy atom. The van der Waals surface area contributed by atoms with Gasteiger partial charge in [-0.15, -0.1) is 0 Å². The number of rotatable bonds is 5. The summed E-state index contributed by atoms with van der Waals surface area (Å²) >= 11 is 0. The first-order chi connectivity index (χ1) is 11.7. The van der Waals surface area contributed by atoms with E-state index in [0.717, 1.165) is 12.7 Å². The number of aryl methyl sites for hydroxylation is 1. The third-order valence-electron chi connectivity index (χ3n) is 4.16. The zero-order valence-corrected chi connectivity index (χ0v) is 15.0. The first-order valence-corrected chi connectivity index (χ1v) is 9.73. The van der Waals surface area contributed by atoms with Crippen molar-refractivity contribution in [1.29, 1.82) is 0 Å². The Hall–Kier alpha value is -2.22. The number of methoxy groups -OCH3 is 1. The van der Waals surface area contributed by atoms with Gasteiger partial charge in [0.1, 0.15) is 6.04 Å². The molecule has 1 aliphatic rings. The van der Waals surface area contributed by atoms with Crippen molar-refractivity contribution < 1.29 is 27.5 Å². The number of ether oxygens (including phenoxy) is 1. The highest BCUT2D eigenvalue weighted by atomic mass is 32.2. The maximum absolute atomic E-state index is 12.4. The summed E-state index contributed by atoms with van der Waals surface area (Å²) in [6, 6.07) is 5.89. The van der Waals surface area contributed by atoms with E-state index in [1.807, 2.05) is 19.1 Å². The van der Waals surface area contributed by atoms with Gasteiger partial charge in [0, 0.05) is 24.9 Å². The van der Waals surface area contributed by atoms with Gasteiger partial charge in [0.15, 0.2) is 15.6 Å². The van der Waals surface area contributed by atoms with Crippen molar-refractivity contribution in [2.75, 3.05) is 25.2 Å². The fourth-order valence-electron chi connectivity index (χ4n) is 2.68. The summed E-state index contributed by atoms with van der Waals surface area (Å²) < 4.78 is 28.1. The summed E-state index contributed by atoms with van der Waals surface area (Å²) in [5, 5.41) is 0. The molecule has 0 radical (unpaired) electrons. The molecule has 1 fully saturated rings. The Labute approximate surface area is 146 Å². The number of esters is 1. The maximum atomic E-state index is 12.4. The van der Waals surface area contributed by atoms with Gasteiger partial charge in [-0.05, 0) is 6.92 Å². The molecule has 0 aliphatic carbocycles. The standard InChI is InChI=1S/C17H21NO6S/c1-12-3-5-13(6-4-12)15(19)7-8-16(20)18-9-10-25(22,23)11-14(18)17(21)24-2/h3-6,14H,7-11H2,1-2H3. The van der Waals surface area contributed by atoms with E-state index in [1.54, 1.807) is 12.1 Å². The quantitative estimate of drug-likeness (QED) is 0.563. The van der Waals surface area contributed by atoms with Crippen molar-refractivity contribution in [3.05, 3.63) is 35.4 Å². The second-order valence-corrected chi connectivity index (χ2v) is 8.26. The summed E-state index contributed by atoms with van der Waals surface area (Å²) in [5.74, 6) is -2.00. The fraction of sp³-hybridized carbons (Fsp3) is 0.471. The summed E-state index contributed by atoms with van der Waals surface area (Å²) in [6.07, 6.45) is -0.0840. The number of sulfone groups is 1. The van der Waals surface area contributed by atoms with Gasteiger partial charge >= 0.3 is 5.97 Å². The summed E-state index contributed by atoms with van der Waals surface area (Å²) in [5.41, 5.74) is 1.55. The molecule has 8 heteroatoms. The monoisotopic (exact) mass is 367 g/mol. The SMILES string of the molecule is COC(=O)C1CS(=O)(=O)CCN1C(=O)CCC(=O)c1ccc(C)cc1. The number of Topliss-reactive ketones (excluding diaryl/α,β-unsaturated/α-hetero) is 1. The van der Waals surface area contributed by atoms with Gasteiger partial charge in [0.25, 0.3) is 0 Å². The molecule has 0 aromatic heterocycles. The molecule has 1 aromatic rings. The first kappa shape index (κ1) is 19.1. The van der Waals surface area contributed by atoms with Crippen LogP contribution in [-0.4, -0.2) is 62.2 Å². The lowest BCUT2D eigenvalue weighted by Crippen LogP contribution is -2.55. The molecule has 0 bridgehead atoms. The molecule has 1 saturated heterocycles.